The Labute approximate surface area is 156 Å². The fraction of sp³-hybridized carbons (Fsp3) is 0.278. The summed E-state index contributed by atoms with van der Waals surface area (Å²) < 4.78 is 15.9. The number of nitrogens with one attached hydrogen (secondary N) is 1. The van der Waals surface area contributed by atoms with E-state index in [0.29, 0.717) is 45.8 Å². The average Bonchev–Trinajstić information content (AvgIpc) is 2.62. The molecule has 134 valence electrons. The molecule has 0 atom stereocenters. The number of aryl methyl sites for hydroxylation is 1. The average molecular weight is 384 g/mol. The molecule has 1 amide bonds. The van der Waals surface area contributed by atoms with Crippen molar-refractivity contribution in [2.45, 2.75) is 12.8 Å². The molecule has 0 spiro atoms. The Bertz CT molecular complexity index is 740. The number of hydrogen-bond acceptors (Lipinski definition) is 4. The van der Waals surface area contributed by atoms with Crippen molar-refractivity contribution in [3.05, 3.63) is 45.9 Å². The van der Waals surface area contributed by atoms with Crippen LogP contribution in [0.3, 0.4) is 0 Å². The molecule has 2 aromatic rings. The lowest BCUT2D eigenvalue weighted by atomic mass is 10.1. The number of ether oxygens (including phenoxy) is 3. The van der Waals surface area contributed by atoms with Gasteiger partial charge in [-0.3, -0.25) is 4.79 Å². The van der Waals surface area contributed by atoms with Gasteiger partial charge < -0.3 is 19.5 Å². The lowest BCUT2D eigenvalue weighted by molar-refractivity contribution is -0.116. The second kappa shape index (κ2) is 8.83. The zero-order valence-electron chi connectivity index (χ0n) is 14.2. The summed E-state index contributed by atoms with van der Waals surface area (Å²) in [6, 6.07) is 8.60. The third-order valence-electron chi connectivity index (χ3n) is 3.57. The molecule has 0 unspecified atom stereocenters. The summed E-state index contributed by atoms with van der Waals surface area (Å²) >= 11 is 11.8. The fourth-order valence-electron chi connectivity index (χ4n) is 2.33. The molecule has 0 fully saturated rings. The van der Waals surface area contributed by atoms with Gasteiger partial charge in [0.05, 0.1) is 31.4 Å². The Balaban J connectivity index is 2.04. The van der Waals surface area contributed by atoms with Gasteiger partial charge in [0.1, 0.15) is 0 Å². The molecule has 0 radical (unpaired) electrons. The molecule has 7 heteroatoms. The van der Waals surface area contributed by atoms with Crippen LogP contribution in [0.2, 0.25) is 10.0 Å². The predicted molar refractivity (Wildman–Crippen MR) is 99.5 cm³/mol. The van der Waals surface area contributed by atoms with Gasteiger partial charge in [-0.25, -0.2) is 0 Å². The third kappa shape index (κ3) is 4.94. The number of rotatable bonds is 7. The quantitative estimate of drug-likeness (QED) is 0.759. The minimum atomic E-state index is -0.132. The second-order valence-corrected chi connectivity index (χ2v) is 6.03. The van der Waals surface area contributed by atoms with Gasteiger partial charge in [0, 0.05) is 12.1 Å². The van der Waals surface area contributed by atoms with Crippen LogP contribution >= 0.6 is 23.2 Å². The van der Waals surface area contributed by atoms with Gasteiger partial charge in [0.2, 0.25) is 11.7 Å². The molecule has 25 heavy (non-hydrogen) atoms. The van der Waals surface area contributed by atoms with Crippen molar-refractivity contribution in [3.8, 4) is 17.2 Å². The first-order valence-electron chi connectivity index (χ1n) is 7.52. The van der Waals surface area contributed by atoms with E-state index in [1.807, 2.05) is 12.1 Å². The van der Waals surface area contributed by atoms with Gasteiger partial charge in [-0.15, -0.1) is 0 Å². The molecule has 2 aromatic carbocycles. The fourth-order valence-corrected chi connectivity index (χ4v) is 2.63. The van der Waals surface area contributed by atoms with Gasteiger partial charge in [-0.05, 0) is 42.3 Å². The number of carbonyl (C=O) groups excluding carboxylic acids is 1. The summed E-state index contributed by atoms with van der Waals surface area (Å²) in [6.07, 6.45) is 0.808. The van der Waals surface area contributed by atoms with Crippen molar-refractivity contribution in [2.24, 2.45) is 0 Å². The van der Waals surface area contributed by atoms with E-state index >= 15 is 0 Å². The van der Waals surface area contributed by atoms with Crippen molar-refractivity contribution in [1.82, 2.24) is 0 Å². The molecule has 0 saturated carbocycles. The van der Waals surface area contributed by atoms with E-state index in [9.17, 15) is 4.79 Å². The number of amides is 1. The van der Waals surface area contributed by atoms with E-state index in [2.05, 4.69) is 5.32 Å². The summed E-state index contributed by atoms with van der Waals surface area (Å²) in [6.45, 7) is 0. The van der Waals surface area contributed by atoms with Gasteiger partial charge in [-0.1, -0.05) is 23.2 Å². The molecular formula is C18H19Cl2NO4. The summed E-state index contributed by atoms with van der Waals surface area (Å²) in [4.78, 5) is 12.1. The summed E-state index contributed by atoms with van der Waals surface area (Å²) in [7, 11) is 4.65. The number of carbonyl (C=O) groups is 1. The Morgan fingerprint density at radius 2 is 1.60 bits per heavy atom. The van der Waals surface area contributed by atoms with Crippen LogP contribution in [0.1, 0.15) is 12.0 Å². The molecule has 1 N–H and O–H groups in total. The second-order valence-electron chi connectivity index (χ2n) is 5.21. The molecule has 0 aliphatic rings. The highest BCUT2D eigenvalue weighted by atomic mass is 35.5. The van der Waals surface area contributed by atoms with Crippen LogP contribution in [0.5, 0.6) is 17.2 Å². The first-order chi connectivity index (χ1) is 12.0. The maximum absolute atomic E-state index is 12.1. The van der Waals surface area contributed by atoms with Crippen LogP contribution in [0.4, 0.5) is 5.69 Å². The highest BCUT2D eigenvalue weighted by molar-refractivity contribution is 6.42. The van der Waals surface area contributed by atoms with Gasteiger partial charge in [0.25, 0.3) is 0 Å². The van der Waals surface area contributed by atoms with Crippen molar-refractivity contribution in [2.75, 3.05) is 26.6 Å². The number of benzene rings is 2. The summed E-state index contributed by atoms with van der Waals surface area (Å²) in [5.41, 5.74) is 1.50. The Morgan fingerprint density at radius 3 is 2.12 bits per heavy atom. The molecular weight excluding hydrogens is 365 g/mol. The zero-order valence-corrected chi connectivity index (χ0v) is 15.7. The maximum atomic E-state index is 12.1. The van der Waals surface area contributed by atoms with E-state index in [1.54, 1.807) is 39.5 Å². The number of halogens is 2. The smallest absolute Gasteiger partial charge is 0.224 e. The minimum Gasteiger partial charge on any atom is -0.493 e. The van der Waals surface area contributed by atoms with Crippen molar-refractivity contribution in [1.29, 1.82) is 0 Å². The van der Waals surface area contributed by atoms with E-state index in [4.69, 9.17) is 37.4 Å². The first kappa shape index (κ1) is 19.2. The van der Waals surface area contributed by atoms with Crippen molar-refractivity contribution in [3.63, 3.8) is 0 Å². The SMILES string of the molecule is COc1cc(CCC(=O)Nc2ccc(Cl)c(Cl)c2)cc(OC)c1OC. The van der Waals surface area contributed by atoms with Crippen molar-refractivity contribution < 1.29 is 19.0 Å². The molecule has 0 aromatic heterocycles. The molecule has 0 bridgehead atoms. The Hall–Kier alpha value is -2.11. The van der Waals surface area contributed by atoms with Crippen LogP contribution in [0.25, 0.3) is 0 Å². The number of methoxy groups -OCH3 is 3. The highest BCUT2D eigenvalue weighted by Crippen LogP contribution is 2.38. The van der Waals surface area contributed by atoms with Crippen LogP contribution in [-0.4, -0.2) is 27.2 Å². The summed E-state index contributed by atoms with van der Waals surface area (Å²) in [5.74, 6) is 1.50. The summed E-state index contributed by atoms with van der Waals surface area (Å²) in [5, 5.41) is 3.63. The molecule has 2 rings (SSSR count). The normalized spacial score (nSPS) is 10.3. The lowest BCUT2D eigenvalue weighted by Gasteiger charge is -2.14. The maximum Gasteiger partial charge on any atom is 0.224 e. The zero-order chi connectivity index (χ0) is 18.4. The highest BCUT2D eigenvalue weighted by Gasteiger charge is 2.14. The van der Waals surface area contributed by atoms with Crippen LogP contribution < -0.4 is 19.5 Å². The van der Waals surface area contributed by atoms with E-state index in [-0.39, 0.29) is 5.91 Å². The molecule has 0 aliphatic heterocycles. The van der Waals surface area contributed by atoms with Gasteiger partial charge in [-0.2, -0.15) is 0 Å². The number of anilines is 1. The van der Waals surface area contributed by atoms with E-state index in [1.165, 1.54) is 0 Å². The Kier molecular flexibility index (Phi) is 6.79. The van der Waals surface area contributed by atoms with Gasteiger partial charge >= 0.3 is 0 Å². The minimum absolute atomic E-state index is 0.132. The monoisotopic (exact) mass is 383 g/mol. The molecule has 0 saturated heterocycles. The van der Waals surface area contributed by atoms with Crippen LogP contribution in [0.15, 0.2) is 30.3 Å². The first-order valence-corrected chi connectivity index (χ1v) is 8.27. The standard InChI is InChI=1S/C18H19Cl2NO4/c1-23-15-8-11(9-16(24-2)18(15)25-3)4-7-17(22)21-12-5-6-13(19)14(20)10-12/h5-6,8-10H,4,7H2,1-3H3,(H,21,22). The number of hydrogen-bond donors (Lipinski definition) is 1. The van der Waals surface area contributed by atoms with Crippen LogP contribution in [-0.2, 0) is 11.2 Å². The van der Waals surface area contributed by atoms with Crippen molar-refractivity contribution >= 4 is 34.8 Å². The Morgan fingerprint density at radius 1 is 0.960 bits per heavy atom. The van der Waals surface area contributed by atoms with Crippen LogP contribution in [0, 0.1) is 0 Å². The lowest BCUT2D eigenvalue weighted by Crippen LogP contribution is -2.12. The molecule has 0 heterocycles. The molecule has 5 nitrogen and oxygen atoms in total. The van der Waals surface area contributed by atoms with E-state index in [0.717, 1.165) is 5.56 Å². The van der Waals surface area contributed by atoms with E-state index < -0.39 is 0 Å². The van der Waals surface area contributed by atoms with Gasteiger partial charge in [0.15, 0.2) is 11.5 Å². The topological polar surface area (TPSA) is 56.8 Å². The predicted octanol–water partition coefficient (Wildman–Crippen LogP) is 4.59. The molecule has 0 aliphatic carbocycles. The largest absolute Gasteiger partial charge is 0.493 e. The third-order valence-corrected chi connectivity index (χ3v) is 4.31.